The van der Waals surface area contributed by atoms with Crippen LogP contribution in [0, 0.1) is 0 Å². The van der Waals surface area contributed by atoms with E-state index in [1.165, 1.54) is 10.9 Å². The number of rotatable bonds is 5. The summed E-state index contributed by atoms with van der Waals surface area (Å²) in [6.07, 6.45) is -1.96. The molecule has 0 N–H and O–H groups in total. The van der Waals surface area contributed by atoms with Gasteiger partial charge in [-0.05, 0) is 44.0 Å². The van der Waals surface area contributed by atoms with E-state index in [0.717, 1.165) is 41.4 Å². The summed E-state index contributed by atoms with van der Waals surface area (Å²) in [5.74, 6) is 0. The number of hydrogen-bond donors (Lipinski definition) is 0. The number of aromatic nitrogens is 2. The van der Waals surface area contributed by atoms with Crippen LogP contribution in [-0.2, 0) is 25.7 Å². The molecule has 0 amide bonds. The van der Waals surface area contributed by atoms with E-state index in [0.29, 0.717) is 51.0 Å². The van der Waals surface area contributed by atoms with E-state index < -0.39 is 11.7 Å². The van der Waals surface area contributed by atoms with Gasteiger partial charge in [-0.25, -0.2) is 4.98 Å². The smallest absolute Gasteiger partial charge is 0.369 e. The first-order valence-corrected chi connectivity index (χ1v) is 13.4. The molecular weight excluding hydrogens is 511 g/mol. The Kier molecular flexibility index (Phi) is 7.06. The summed E-state index contributed by atoms with van der Waals surface area (Å²) in [7, 11) is 0. The van der Waals surface area contributed by atoms with Crippen molar-refractivity contribution in [2.45, 2.75) is 45.6 Å². The minimum absolute atomic E-state index is 0.0231. The van der Waals surface area contributed by atoms with Gasteiger partial charge in [0.2, 0.25) is 0 Å². The first kappa shape index (κ1) is 25.5. The fourth-order valence-electron chi connectivity index (χ4n) is 5.04. The molecule has 4 heterocycles. The molecule has 2 aliphatic heterocycles. The molecular formula is C25H29ClF3N5OS. The van der Waals surface area contributed by atoms with Crippen LogP contribution < -0.4 is 10.5 Å². The van der Waals surface area contributed by atoms with Crippen molar-refractivity contribution in [1.29, 1.82) is 0 Å². The lowest BCUT2D eigenvalue weighted by atomic mass is 10.0. The van der Waals surface area contributed by atoms with Gasteiger partial charge in [0.25, 0.3) is 5.56 Å². The summed E-state index contributed by atoms with van der Waals surface area (Å²) in [5, 5.41) is 0.485. The van der Waals surface area contributed by atoms with Crippen LogP contribution in [0.2, 0.25) is 5.02 Å². The third kappa shape index (κ3) is 5.01. The molecule has 0 atom stereocenters. The highest BCUT2D eigenvalue weighted by atomic mass is 35.5. The molecule has 0 radical (unpaired) electrons. The minimum Gasteiger partial charge on any atom is -0.369 e. The molecule has 1 aromatic carbocycles. The number of benzene rings is 1. The first-order chi connectivity index (χ1) is 17.1. The van der Waals surface area contributed by atoms with Crippen molar-refractivity contribution >= 4 is 38.8 Å². The average molecular weight is 540 g/mol. The zero-order chi connectivity index (χ0) is 25.6. The molecule has 6 nitrogen and oxygen atoms in total. The molecule has 3 aromatic rings. The van der Waals surface area contributed by atoms with E-state index in [1.54, 1.807) is 28.3 Å². The van der Waals surface area contributed by atoms with E-state index >= 15 is 0 Å². The number of alkyl halides is 3. The molecule has 0 saturated carbocycles. The highest BCUT2D eigenvalue weighted by molar-refractivity contribution is 7.18. The van der Waals surface area contributed by atoms with Gasteiger partial charge in [-0.3, -0.25) is 19.2 Å². The second kappa shape index (κ2) is 9.96. The van der Waals surface area contributed by atoms with Crippen molar-refractivity contribution in [1.82, 2.24) is 19.4 Å². The fraction of sp³-hybridized carbons (Fsp3) is 0.520. The summed E-state index contributed by atoms with van der Waals surface area (Å²) in [5.41, 5.74) is 0.901. The Balaban J connectivity index is 1.23. The second-order valence-corrected chi connectivity index (χ2v) is 11.2. The van der Waals surface area contributed by atoms with Crippen LogP contribution in [0.25, 0.3) is 10.2 Å². The Labute approximate surface area is 216 Å². The number of fused-ring (bicyclic) bond motifs is 3. The zero-order valence-electron chi connectivity index (χ0n) is 20.3. The highest BCUT2D eigenvalue weighted by Crippen LogP contribution is 2.37. The van der Waals surface area contributed by atoms with Gasteiger partial charge < -0.3 is 4.90 Å². The van der Waals surface area contributed by atoms with E-state index in [1.807, 2.05) is 4.90 Å². The predicted molar refractivity (Wildman–Crippen MR) is 138 cm³/mol. The van der Waals surface area contributed by atoms with Gasteiger partial charge in [-0.15, -0.1) is 11.3 Å². The number of nitrogens with zero attached hydrogens (tertiary/aromatic N) is 5. The van der Waals surface area contributed by atoms with Gasteiger partial charge in [-0.2, -0.15) is 13.2 Å². The van der Waals surface area contributed by atoms with Gasteiger partial charge in [0.05, 0.1) is 22.3 Å². The lowest BCUT2D eigenvalue weighted by molar-refractivity contribution is -0.137. The van der Waals surface area contributed by atoms with Crippen LogP contribution in [-0.4, -0.2) is 64.7 Å². The highest BCUT2D eigenvalue weighted by Gasteiger charge is 2.34. The van der Waals surface area contributed by atoms with Crippen molar-refractivity contribution in [3.8, 4) is 0 Å². The molecule has 5 rings (SSSR count). The molecule has 1 fully saturated rings. The SMILES string of the molecule is CC(C)N1CCc2c(sc3ncn(CCN4CCN(c5ccc(Cl)c(C(F)(F)F)c5)CC4)c(=O)c23)C1. The number of hydrogen-bond acceptors (Lipinski definition) is 6. The Hall–Kier alpha value is -2.14. The summed E-state index contributed by atoms with van der Waals surface area (Å²) < 4.78 is 41.4. The molecule has 194 valence electrons. The maximum Gasteiger partial charge on any atom is 0.417 e. The third-order valence-corrected chi connectivity index (χ3v) is 8.69. The van der Waals surface area contributed by atoms with Crippen molar-refractivity contribution < 1.29 is 13.2 Å². The zero-order valence-corrected chi connectivity index (χ0v) is 21.9. The molecule has 0 spiro atoms. The maximum atomic E-state index is 13.3. The van der Waals surface area contributed by atoms with Gasteiger partial charge in [0.15, 0.2) is 0 Å². The average Bonchev–Trinajstić information content (AvgIpc) is 3.22. The van der Waals surface area contributed by atoms with Crippen LogP contribution >= 0.6 is 22.9 Å². The summed E-state index contributed by atoms with van der Waals surface area (Å²) in [4.78, 5) is 26.6. The lowest BCUT2D eigenvalue weighted by Gasteiger charge is -2.36. The van der Waals surface area contributed by atoms with Gasteiger partial charge in [0.1, 0.15) is 4.83 Å². The molecule has 2 aliphatic rings. The Bertz CT molecular complexity index is 1310. The summed E-state index contributed by atoms with van der Waals surface area (Å²) >= 11 is 7.39. The van der Waals surface area contributed by atoms with E-state index in [4.69, 9.17) is 11.6 Å². The van der Waals surface area contributed by atoms with Crippen LogP contribution in [0.5, 0.6) is 0 Å². The standard InChI is InChI=1S/C25H29ClF3N5OS/c1-16(2)33-6-5-18-21(14-33)36-23-22(18)24(35)34(15-30-23)12-9-31-7-10-32(11-8-31)17-3-4-20(26)19(13-17)25(27,28)29/h3-4,13,15-16H,5-12,14H2,1-2H3. The molecule has 0 bridgehead atoms. The van der Waals surface area contributed by atoms with E-state index in [-0.39, 0.29) is 10.6 Å². The molecule has 1 saturated heterocycles. The van der Waals surface area contributed by atoms with Crippen LogP contribution in [0.15, 0.2) is 29.3 Å². The van der Waals surface area contributed by atoms with Crippen LogP contribution in [0.3, 0.4) is 0 Å². The first-order valence-electron chi connectivity index (χ1n) is 12.2. The Morgan fingerprint density at radius 2 is 1.86 bits per heavy atom. The maximum absolute atomic E-state index is 13.3. The molecule has 11 heteroatoms. The minimum atomic E-state index is -4.48. The topological polar surface area (TPSA) is 44.6 Å². The number of halogens is 4. The Morgan fingerprint density at radius 1 is 1.11 bits per heavy atom. The largest absolute Gasteiger partial charge is 0.417 e. The predicted octanol–water partition coefficient (Wildman–Crippen LogP) is 4.72. The normalized spacial score (nSPS) is 17.8. The number of piperazine rings is 1. The molecule has 36 heavy (non-hydrogen) atoms. The monoisotopic (exact) mass is 539 g/mol. The van der Waals surface area contributed by atoms with Crippen LogP contribution in [0.1, 0.15) is 29.9 Å². The quantitative estimate of drug-likeness (QED) is 0.469. The van der Waals surface area contributed by atoms with Crippen molar-refractivity contribution in [3.05, 3.63) is 55.9 Å². The molecule has 2 aromatic heterocycles. The molecule has 0 aliphatic carbocycles. The Morgan fingerprint density at radius 3 is 2.56 bits per heavy atom. The molecule has 0 unspecified atom stereocenters. The van der Waals surface area contributed by atoms with Crippen molar-refractivity contribution in [3.63, 3.8) is 0 Å². The number of thiophene rings is 1. The summed E-state index contributed by atoms with van der Waals surface area (Å²) in [6, 6.07) is 4.54. The van der Waals surface area contributed by atoms with Gasteiger partial charge in [0, 0.05) is 69.0 Å². The fourth-order valence-corrected chi connectivity index (χ4v) is 6.47. The lowest BCUT2D eigenvalue weighted by Crippen LogP contribution is -2.47. The van der Waals surface area contributed by atoms with Gasteiger partial charge in [-0.1, -0.05) is 11.6 Å². The van der Waals surface area contributed by atoms with Gasteiger partial charge >= 0.3 is 6.18 Å². The van der Waals surface area contributed by atoms with Crippen LogP contribution in [0.4, 0.5) is 18.9 Å². The summed E-state index contributed by atoms with van der Waals surface area (Å²) in [6.45, 7) is 10.0. The van der Waals surface area contributed by atoms with E-state index in [2.05, 4.69) is 28.6 Å². The van der Waals surface area contributed by atoms with Crippen molar-refractivity contribution in [2.24, 2.45) is 0 Å². The van der Waals surface area contributed by atoms with Crippen molar-refractivity contribution in [2.75, 3.05) is 44.2 Å². The second-order valence-electron chi connectivity index (χ2n) is 9.73. The third-order valence-electron chi connectivity index (χ3n) is 7.24. The number of anilines is 1. The van der Waals surface area contributed by atoms with E-state index in [9.17, 15) is 18.0 Å².